The topological polar surface area (TPSA) is 117 Å². The predicted octanol–water partition coefficient (Wildman–Crippen LogP) is 3.29. The van der Waals surface area contributed by atoms with E-state index in [0.29, 0.717) is 23.9 Å². The molecule has 0 spiro atoms. The number of hydrogen-bond acceptors (Lipinski definition) is 7. The lowest BCUT2D eigenvalue weighted by molar-refractivity contribution is -0.137. The highest BCUT2D eigenvalue weighted by Crippen LogP contribution is 2.36. The molecule has 3 aromatic rings. The van der Waals surface area contributed by atoms with Crippen molar-refractivity contribution in [1.29, 1.82) is 0 Å². The summed E-state index contributed by atoms with van der Waals surface area (Å²) in [6, 6.07) is 3.40. The number of primary amides is 1. The van der Waals surface area contributed by atoms with Gasteiger partial charge in [-0.15, -0.1) is 15.3 Å². The molecule has 0 radical (unpaired) electrons. The fourth-order valence-electron chi connectivity index (χ4n) is 2.93. The standard InChI is InChI=1S/C18H20ClF3N8OS/c1-10(2)8-29-15(6-5-14(23)31)24-26-17(29)32-9-16-25-27-28-30(16)13-4-3-11(19)7-12(13)18(20,21)22/h3-4,7,10H,5-6,8-9H2,1-2H3,(H2,23,31). The number of nitrogens with two attached hydrogens (primary N) is 1. The van der Waals surface area contributed by atoms with E-state index < -0.39 is 17.6 Å². The third kappa shape index (κ3) is 5.76. The molecule has 2 N–H and O–H groups in total. The van der Waals surface area contributed by atoms with Gasteiger partial charge < -0.3 is 10.3 Å². The Hall–Kier alpha value is -2.67. The van der Waals surface area contributed by atoms with Gasteiger partial charge in [-0.05, 0) is 34.5 Å². The Morgan fingerprint density at radius 2 is 1.97 bits per heavy atom. The number of hydrogen-bond donors (Lipinski definition) is 1. The zero-order valence-electron chi connectivity index (χ0n) is 17.2. The van der Waals surface area contributed by atoms with Crippen molar-refractivity contribution in [2.45, 2.75) is 50.3 Å². The number of alkyl halides is 3. The van der Waals surface area contributed by atoms with Crippen LogP contribution in [0.25, 0.3) is 5.69 Å². The monoisotopic (exact) mass is 488 g/mol. The second-order valence-corrected chi connectivity index (χ2v) is 8.70. The van der Waals surface area contributed by atoms with Crippen molar-refractivity contribution in [3.05, 3.63) is 40.4 Å². The molecule has 32 heavy (non-hydrogen) atoms. The van der Waals surface area contributed by atoms with Gasteiger partial charge in [0, 0.05) is 24.4 Å². The van der Waals surface area contributed by atoms with Gasteiger partial charge in [-0.2, -0.15) is 17.9 Å². The van der Waals surface area contributed by atoms with E-state index in [4.69, 9.17) is 17.3 Å². The number of halogens is 4. The second kappa shape index (κ2) is 9.86. The molecule has 0 unspecified atom stereocenters. The van der Waals surface area contributed by atoms with E-state index in [9.17, 15) is 18.0 Å². The van der Waals surface area contributed by atoms with Crippen molar-refractivity contribution < 1.29 is 18.0 Å². The van der Waals surface area contributed by atoms with Crippen molar-refractivity contribution in [2.24, 2.45) is 11.7 Å². The van der Waals surface area contributed by atoms with Crippen LogP contribution in [-0.2, 0) is 29.7 Å². The van der Waals surface area contributed by atoms with Crippen LogP contribution in [0, 0.1) is 5.92 Å². The lowest BCUT2D eigenvalue weighted by atomic mass is 10.1. The Kier molecular flexibility index (Phi) is 7.39. The van der Waals surface area contributed by atoms with Crippen molar-refractivity contribution in [2.75, 3.05) is 0 Å². The van der Waals surface area contributed by atoms with Gasteiger partial charge in [0.05, 0.1) is 17.0 Å². The van der Waals surface area contributed by atoms with Crippen molar-refractivity contribution in [3.63, 3.8) is 0 Å². The number of aryl methyl sites for hydroxylation is 1. The molecule has 0 saturated heterocycles. The Labute approximate surface area is 190 Å². The number of carbonyl (C=O) groups is 1. The maximum atomic E-state index is 13.5. The summed E-state index contributed by atoms with van der Waals surface area (Å²) >= 11 is 6.99. The van der Waals surface area contributed by atoms with Crippen LogP contribution in [0.15, 0.2) is 23.4 Å². The molecule has 14 heteroatoms. The van der Waals surface area contributed by atoms with Crippen molar-refractivity contribution in [1.82, 2.24) is 35.0 Å². The van der Waals surface area contributed by atoms with E-state index in [1.54, 1.807) is 0 Å². The largest absolute Gasteiger partial charge is 0.418 e. The smallest absolute Gasteiger partial charge is 0.370 e. The summed E-state index contributed by atoms with van der Waals surface area (Å²) in [5.74, 6) is 0.767. The van der Waals surface area contributed by atoms with E-state index in [2.05, 4.69) is 25.7 Å². The molecule has 3 rings (SSSR count). The molecule has 2 aromatic heterocycles. The van der Waals surface area contributed by atoms with Gasteiger partial charge in [-0.25, -0.2) is 0 Å². The molecule has 1 aromatic carbocycles. The van der Waals surface area contributed by atoms with Gasteiger partial charge in [-0.3, -0.25) is 4.79 Å². The number of rotatable bonds is 9. The molecule has 0 aliphatic heterocycles. The predicted molar refractivity (Wildman–Crippen MR) is 111 cm³/mol. The molecule has 1 amide bonds. The lowest BCUT2D eigenvalue weighted by Gasteiger charge is -2.14. The molecule has 172 valence electrons. The minimum absolute atomic E-state index is 0.0460. The molecule has 0 atom stereocenters. The van der Waals surface area contributed by atoms with E-state index in [1.165, 1.54) is 23.9 Å². The molecule has 9 nitrogen and oxygen atoms in total. The first-order valence-electron chi connectivity index (χ1n) is 9.53. The van der Waals surface area contributed by atoms with Gasteiger partial charge >= 0.3 is 6.18 Å². The van der Waals surface area contributed by atoms with Crippen LogP contribution in [0.1, 0.15) is 37.5 Å². The van der Waals surface area contributed by atoms with E-state index in [0.717, 1.165) is 10.7 Å². The Bertz CT molecular complexity index is 1100. The zero-order valence-corrected chi connectivity index (χ0v) is 18.7. The molecule has 0 aliphatic rings. The first-order chi connectivity index (χ1) is 15.1. The fraction of sp³-hybridized carbons (Fsp3) is 0.444. The summed E-state index contributed by atoms with van der Waals surface area (Å²) in [5, 5.41) is 19.9. The van der Waals surface area contributed by atoms with Crippen molar-refractivity contribution >= 4 is 29.3 Å². The summed E-state index contributed by atoms with van der Waals surface area (Å²) in [6.45, 7) is 4.64. The summed E-state index contributed by atoms with van der Waals surface area (Å²) < 4.78 is 43.4. The highest BCUT2D eigenvalue weighted by molar-refractivity contribution is 7.98. The Balaban J connectivity index is 1.87. The lowest BCUT2D eigenvalue weighted by Crippen LogP contribution is -2.15. The van der Waals surface area contributed by atoms with Gasteiger partial charge in [-0.1, -0.05) is 37.2 Å². The number of carbonyl (C=O) groups excluding carboxylic acids is 1. The Morgan fingerprint density at radius 1 is 1.22 bits per heavy atom. The third-order valence-corrected chi connectivity index (χ3v) is 5.49. The molecule has 2 heterocycles. The van der Waals surface area contributed by atoms with Gasteiger partial charge in [0.2, 0.25) is 5.91 Å². The summed E-state index contributed by atoms with van der Waals surface area (Å²) in [7, 11) is 0. The average molecular weight is 489 g/mol. The number of amides is 1. The van der Waals surface area contributed by atoms with Gasteiger partial charge in [0.25, 0.3) is 0 Å². The molecule has 0 bridgehead atoms. The highest BCUT2D eigenvalue weighted by atomic mass is 35.5. The SMILES string of the molecule is CC(C)Cn1c(CCC(N)=O)nnc1SCc1nnnn1-c1ccc(Cl)cc1C(F)(F)F. The Morgan fingerprint density at radius 3 is 2.62 bits per heavy atom. The van der Waals surface area contributed by atoms with Crippen LogP contribution < -0.4 is 5.73 Å². The zero-order chi connectivity index (χ0) is 23.5. The van der Waals surface area contributed by atoms with E-state index >= 15 is 0 Å². The highest BCUT2D eigenvalue weighted by Gasteiger charge is 2.35. The molecule has 0 fully saturated rings. The third-order valence-electron chi connectivity index (χ3n) is 4.29. The van der Waals surface area contributed by atoms with Crippen LogP contribution in [0.2, 0.25) is 5.02 Å². The molecule has 0 saturated carbocycles. The van der Waals surface area contributed by atoms with Crippen LogP contribution in [0.3, 0.4) is 0 Å². The summed E-state index contributed by atoms with van der Waals surface area (Å²) in [5.41, 5.74) is 4.06. The van der Waals surface area contributed by atoms with Crippen molar-refractivity contribution in [3.8, 4) is 5.69 Å². The normalized spacial score (nSPS) is 12.0. The van der Waals surface area contributed by atoms with Crippen LogP contribution in [-0.4, -0.2) is 40.9 Å². The maximum Gasteiger partial charge on any atom is 0.418 e. The van der Waals surface area contributed by atoms with Crippen LogP contribution in [0.4, 0.5) is 13.2 Å². The fourth-order valence-corrected chi connectivity index (χ4v) is 3.97. The molecule has 0 aliphatic carbocycles. The van der Waals surface area contributed by atoms with E-state index in [-0.39, 0.29) is 34.6 Å². The minimum Gasteiger partial charge on any atom is -0.370 e. The number of benzene rings is 1. The average Bonchev–Trinajstić information content (AvgIpc) is 3.30. The van der Waals surface area contributed by atoms with Gasteiger partial charge in [0.1, 0.15) is 5.82 Å². The number of thioether (sulfide) groups is 1. The van der Waals surface area contributed by atoms with Crippen LogP contribution in [0.5, 0.6) is 0 Å². The number of nitrogens with zero attached hydrogens (tertiary/aromatic N) is 7. The second-order valence-electron chi connectivity index (χ2n) is 7.32. The maximum absolute atomic E-state index is 13.5. The molecular formula is C18H20ClF3N8OS. The van der Waals surface area contributed by atoms with E-state index in [1.807, 2.05) is 18.4 Å². The summed E-state index contributed by atoms with van der Waals surface area (Å²) in [4.78, 5) is 11.1. The minimum atomic E-state index is -4.64. The summed E-state index contributed by atoms with van der Waals surface area (Å²) in [6.07, 6.45) is -4.16. The quantitative estimate of drug-likeness (QED) is 0.459. The van der Waals surface area contributed by atoms with Gasteiger partial charge in [0.15, 0.2) is 11.0 Å². The van der Waals surface area contributed by atoms with Crippen LogP contribution >= 0.6 is 23.4 Å². The first kappa shape index (κ1) is 24.0. The number of tetrazole rings is 1. The molecular weight excluding hydrogens is 469 g/mol. The first-order valence-corrected chi connectivity index (χ1v) is 10.9. The number of aromatic nitrogens is 7.